The molecule has 0 spiro atoms. The molecule has 1 aromatic heterocycles. The molecular formula is C25H29N5O. The largest absolute Gasteiger partial charge is 0.457 e. The maximum Gasteiger partial charge on any atom is 0.136 e. The van der Waals surface area contributed by atoms with Gasteiger partial charge in [-0.25, -0.2) is 4.98 Å². The maximum atomic E-state index is 9.00. The van der Waals surface area contributed by atoms with Gasteiger partial charge in [-0.3, -0.25) is 0 Å². The van der Waals surface area contributed by atoms with Gasteiger partial charge in [0.15, 0.2) is 0 Å². The predicted octanol–water partition coefficient (Wildman–Crippen LogP) is 5.39. The molecule has 0 radical (unpaired) electrons. The molecule has 0 saturated heterocycles. The van der Waals surface area contributed by atoms with Crippen LogP contribution in [0.3, 0.4) is 0 Å². The highest BCUT2D eigenvalue weighted by Crippen LogP contribution is 2.32. The van der Waals surface area contributed by atoms with Gasteiger partial charge in [0.25, 0.3) is 0 Å². The number of anilines is 3. The van der Waals surface area contributed by atoms with Crippen LogP contribution in [0.1, 0.15) is 22.3 Å². The van der Waals surface area contributed by atoms with Crippen molar-refractivity contribution >= 4 is 17.3 Å². The summed E-state index contributed by atoms with van der Waals surface area (Å²) in [5.74, 6) is 2.96. The van der Waals surface area contributed by atoms with E-state index < -0.39 is 0 Å². The van der Waals surface area contributed by atoms with Crippen molar-refractivity contribution in [1.82, 2.24) is 9.88 Å². The summed E-state index contributed by atoms with van der Waals surface area (Å²) in [6.45, 7) is 7.86. The van der Waals surface area contributed by atoms with Crippen LogP contribution in [0, 0.1) is 32.1 Å². The lowest BCUT2D eigenvalue weighted by Crippen LogP contribution is -2.21. The molecule has 2 N–H and O–H groups in total. The third-order valence-electron chi connectivity index (χ3n) is 4.77. The minimum absolute atomic E-state index is 0.618. The molecule has 0 aliphatic rings. The maximum absolute atomic E-state index is 9.00. The van der Waals surface area contributed by atoms with E-state index in [1.807, 2.05) is 38.4 Å². The Kier molecular flexibility index (Phi) is 7.11. The average Bonchev–Trinajstić information content (AvgIpc) is 2.71. The first-order valence-electron chi connectivity index (χ1n) is 10.3. The smallest absolute Gasteiger partial charge is 0.136 e. The Bertz CT molecular complexity index is 1060. The molecule has 6 heteroatoms. The number of nitrogens with one attached hydrogen (secondary N) is 2. The third kappa shape index (κ3) is 6.21. The van der Waals surface area contributed by atoms with Crippen LogP contribution < -0.4 is 15.4 Å². The van der Waals surface area contributed by atoms with Gasteiger partial charge < -0.3 is 20.3 Å². The fourth-order valence-corrected chi connectivity index (χ4v) is 3.35. The highest BCUT2D eigenvalue weighted by Gasteiger charge is 2.10. The van der Waals surface area contributed by atoms with Crippen LogP contribution in [0.25, 0.3) is 0 Å². The quantitative estimate of drug-likeness (QED) is 0.514. The second kappa shape index (κ2) is 9.96. The number of pyridine rings is 1. The molecule has 2 aromatic carbocycles. The van der Waals surface area contributed by atoms with Crippen LogP contribution in [0.5, 0.6) is 11.5 Å². The van der Waals surface area contributed by atoms with Gasteiger partial charge in [-0.2, -0.15) is 5.26 Å². The third-order valence-corrected chi connectivity index (χ3v) is 4.77. The van der Waals surface area contributed by atoms with E-state index in [0.29, 0.717) is 17.1 Å². The molecule has 0 saturated carbocycles. The van der Waals surface area contributed by atoms with Crippen molar-refractivity contribution in [3.63, 3.8) is 0 Å². The number of likely N-dealkylation sites (N-methyl/N-ethyl adjacent to an activating group) is 1. The Labute approximate surface area is 184 Å². The molecule has 3 rings (SSSR count). The highest BCUT2D eigenvalue weighted by atomic mass is 16.5. The van der Waals surface area contributed by atoms with Gasteiger partial charge in [0.1, 0.15) is 23.1 Å². The van der Waals surface area contributed by atoms with Crippen LogP contribution >= 0.6 is 0 Å². The molecule has 0 amide bonds. The summed E-state index contributed by atoms with van der Waals surface area (Å²) >= 11 is 0. The van der Waals surface area contributed by atoms with Crippen LogP contribution in [-0.2, 0) is 0 Å². The van der Waals surface area contributed by atoms with Crippen LogP contribution in [0.2, 0.25) is 0 Å². The minimum atomic E-state index is 0.618. The molecule has 0 unspecified atom stereocenters. The Morgan fingerprint density at radius 1 is 0.968 bits per heavy atom. The molecule has 6 nitrogen and oxygen atoms in total. The molecule has 160 valence electrons. The number of aryl methyl sites for hydroxylation is 3. The molecule has 0 fully saturated rings. The van der Waals surface area contributed by atoms with Crippen molar-refractivity contribution in [3.05, 3.63) is 70.8 Å². The van der Waals surface area contributed by atoms with Crippen molar-refractivity contribution in [2.75, 3.05) is 37.8 Å². The fraction of sp³-hybridized carbons (Fsp3) is 0.280. The van der Waals surface area contributed by atoms with Gasteiger partial charge in [0.05, 0.1) is 11.6 Å². The predicted molar refractivity (Wildman–Crippen MR) is 126 cm³/mol. The Balaban J connectivity index is 1.89. The summed E-state index contributed by atoms with van der Waals surface area (Å²) in [5.41, 5.74) is 4.87. The summed E-state index contributed by atoms with van der Waals surface area (Å²) in [4.78, 5) is 6.80. The first kappa shape index (κ1) is 22.1. The molecule has 31 heavy (non-hydrogen) atoms. The number of nitrogens with zero attached hydrogens (tertiary/aromatic N) is 3. The highest BCUT2D eigenvalue weighted by molar-refractivity contribution is 5.62. The van der Waals surface area contributed by atoms with Crippen LogP contribution in [0.15, 0.2) is 48.5 Å². The van der Waals surface area contributed by atoms with Gasteiger partial charge in [0, 0.05) is 30.9 Å². The van der Waals surface area contributed by atoms with E-state index in [4.69, 9.17) is 10.00 Å². The van der Waals surface area contributed by atoms with Gasteiger partial charge in [-0.15, -0.1) is 0 Å². The number of aromatic nitrogens is 1. The van der Waals surface area contributed by atoms with E-state index in [2.05, 4.69) is 59.5 Å². The number of benzene rings is 2. The van der Waals surface area contributed by atoms with Crippen LogP contribution in [0.4, 0.5) is 17.3 Å². The number of rotatable bonds is 8. The monoisotopic (exact) mass is 415 g/mol. The number of nitriles is 1. The summed E-state index contributed by atoms with van der Waals surface area (Å²) in [6.07, 6.45) is 0. The molecule has 0 atom stereocenters. The van der Waals surface area contributed by atoms with E-state index in [1.165, 1.54) is 5.56 Å². The van der Waals surface area contributed by atoms with E-state index in [9.17, 15) is 0 Å². The summed E-state index contributed by atoms with van der Waals surface area (Å²) in [5, 5.41) is 15.7. The van der Waals surface area contributed by atoms with Crippen molar-refractivity contribution in [2.24, 2.45) is 0 Å². The number of hydrogen-bond donors (Lipinski definition) is 2. The summed E-state index contributed by atoms with van der Waals surface area (Å²) < 4.78 is 6.30. The van der Waals surface area contributed by atoms with Crippen molar-refractivity contribution in [2.45, 2.75) is 20.8 Å². The second-order valence-corrected chi connectivity index (χ2v) is 7.95. The minimum Gasteiger partial charge on any atom is -0.457 e. The Morgan fingerprint density at radius 2 is 1.61 bits per heavy atom. The van der Waals surface area contributed by atoms with Crippen molar-refractivity contribution in [3.8, 4) is 17.6 Å². The molecule has 0 aliphatic carbocycles. The van der Waals surface area contributed by atoms with Crippen molar-refractivity contribution < 1.29 is 4.74 Å². The zero-order chi connectivity index (χ0) is 22.4. The topological polar surface area (TPSA) is 73.2 Å². The molecule has 1 heterocycles. The van der Waals surface area contributed by atoms with E-state index in [1.54, 1.807) is 12.1 Å². The van der Waals surface area contributed by atoms with Gasteiger partial charge in [-0.05, 0) is 70.3 Å². The first-order chi connectivity index (χ1) is 14.8. The van der Waals surface area contributed by atoms with Gasteiger partial charge >= 0.3 is 0 Å². The average molecular weight is 416 g/mol. The lowest BCUT2D eigenvalue weighted by molar-refractivity contribution is 0.425. The Hall–Kier alpha value is -3.56. The molecule has 3 aromatic rings. The number of ether oxygens (including phenoxy) is 1. The van der Waals surface area contributed by atoms with E-state index >= 15 is 0 Å². The van der Waals surface area contributed by atoms with E-state index in [-0.39, 0.29) is 0 Å². The van der Waals surface area contributed by atoms with Crippen LogP contribution in [-0.4, -0.2) is 37.1 Å². The Morgan fingerprint density at radius 3 is 2.23 bits per heavy atom. The lowest BCUT2D eigenvalue weighted by atomic mass is 10.1. The normalized spacial score (nSPS) is 10.6. The van der Waals surface area contributed by atoms with E-state index in [0.717, 1.165) is 41.5 Å². The first-order valence-corrected chi connectivity index (χ1v) is 10.3. The van der Waals surface area contributed by atoms with Crippen molar-refractivity contribution in [1.29, 1.82) is 5.26 Å². The zero-order valence-electron chi connectivity index (χ0n) is 18.8. The molecule has 0 aliphatic heterocycles. The fourth-order valence-electron chi connectivity index (χ4n) is 3.35. The SMILES string of the molecule is Cc1cc(C)c(Oc2cc(NCCN(C)C)nc(Nc3ccc(C#N)cc3)c2)c(C)c1. The standard InChI is InChI=1S/C25H29N5O/c1-17-12-18(2)25(19(3)13-17)31-22-14-23(27-10-11-30(4)5)29-24(15-22)28-21-8-6-20(16-26)7-9-21/h6-9,12-15H,10-11H2,1-5H3,(H2,27,28,29). The summed E-state index contributed by atoms with van der Waals surface area (Å²) in [6, 6.07) is 17.4. The second-order valence-electron chi connectivity index (χ2n) is 7.95. The molecular weight excluding hydrogens is 386 g/mol. The summed E-state index contributed by atoms with van der Waals surface area (Å²) in [7, 11) is 4.07. The molecule has 0 bridgehead atoms. The van der Waals surface area contributed by atoms with Gasteiger partial charge in [0.2, 0.25) is 0 Å². The lowest BCUT2D eigenvalue weighted by Gasteiger charge is -2.16. The number of hydrogen-bond acceptors (Lipinski definition) is 6. The zero-order valence-corrected chi connectivity index (χ0v) is 18.8. The van der Waals surface area contributed by atoms with Gasteiger partial charge in [-0.1, -0.05) is 17.7 Å².